The second-order valence-corrected chi connectivity index (χ2v) is 5.62. The van der Waals surface area contributed by atoms with E-state index in [2.05, 4.69) is 15.9 Å². The van der Waals surface area contributed by atoms with Gasteiger partial charge in [-0.15, -0.1) is 0 Å². The second kappa shape index (κ2) is 5.04. The Morgan fingerprint density at radius 3 is 2.63 bits per heavy atom. The lowest BCUT2D eigenvalue weighted by atomic mass is 9.96. The maximum absolute atomic E-state index is 13.4. The predicted octanol–water partition coefficient (Wildman–Crippen LogP) is 3.67. The third kappa shape index (κ3) is 2.56. The number of hydrogen-bond acceptors (Lipinski definition) is 2. The summed E-state index contributed by atoms with van der Waals surface area (Å²) in [5.74, 6) is -0.288. The van der Waals surface area contributed by atoms with Crippen LogP contribution in [0.1, 0.15) is 28.3 Å². The van der Waals surface area contributed by atoms with Gasteiger partial charge in [0.15, 0.2) is 0 Å². The van der Waals surface area contributed by atoms with E-state index in [-0.39, 0.29) is 11.9 Å². The molecule has 1 aliphatic rings. The first-order valence-corrected chi connectivity index (χ1v) is 6.84. The maximum atomic E-state index is 13.4. The Hall–Kier alpha value is -1.23. The smallest absolute Gasteiger partial charge is 0.124 e. The van der Waals surface area contributed by atoms with E-state index in [1.807, 2.05) is 24.3 Å². The molecular weight excluding hydrogens is 309 g/mol. The van der Waals surface area contributed by atoms with Crippen LogP contribution in [0.15, 0.2) is 40.9 Å². The van der Waals surface area contributed by atoms with Crippen molar-refractivity contribution >= 4 is 15.9 Å². The van der Waals surface area contributed by atoms with Gasteiger partial charge in [0, 0.05) is 4.47 Å². The van der Waals surface area contributed by atoms with Crippen LogP contribution in [0.2, 0.25) is 0 Å². The van der Waals surface area contributed by atoms with Gasteiger partial charge in [-0.1, -0.05) is 34.1 Å². The van der Waals surface area contributed by atoms with Crippen LogP contribution in [-0.2, 0) is 18.0 Å². The first kappa shape index (κ1) is 12.8. The molecule has 0 radical (unpaired) electrons. The summed E-state index contributed by atoms with van der Waals surface area (Å²) in [6, 6.07) is 10.5. The molecule has 0 amide bonds. The molecular formula is C15H13BrFNO. The lowest BCUT2D eigenvalue weighted by Crippen LogP contribution is -2.12. The van der Waals surface area contributed by atoms with Gasteiger partial charge in [0.2, 0.25) is 0 Å². The van der Waals surface area contributed by atoms with Crippen LogP contribution >= 0.6 is 15.9 Å². The van der Waals surface area contributed by atoms with Gasteiger partial charge in [-0.2, -0.15) is 0 Å². The molecule has 1 heterocycles. The van der Waals surface area contributed by atoms with Gasteiger partial charge in [-0.25, -0.2) is 4.39 Å². The molecule has 3 rings (SSSR count). The summed E-state index contributed by atoms with van der Waals surface area (Å²) < 4.78 is 19.5. The molecule has 2 nitrogen and oxygen atoms in total. The quantitative estimate of drug-likeness (QED) is 0.916. The normalized spacial score (nSPS) is 15.3. The highest BCUT2D eigenvalue weighted by Crippen LogP contribution is 2.28. The van der Waals surface area contributed by atoms with Crippen LogP contribution in [0, 0.1) is 5.82 Å². The number of benzene rings is 2. The van der Waals surface area contributed by atoms with Gasteiger partial charge < -0.3 is 10.5 Å². The Balaban J connectivity index is 1.97. The standard InChI is InChI=1S/C15H13BrFNO/c16-13-4-11(5-14(17)6-13)15(18)9-1-2-10-7-19-8-12(10)3-9/h1-6,15H,7-8,18H2. The molecule has 0 fully saturated rings. The summed E-state index contributed by atoms with van der Waals surface area (Å²) in [7, 11) is 0. The monoisotopic (exact) mass is 321 g/mol. The maximum Gasteiger partial charge on any atom is 0.124 e. The van der Waals surface area contributed by atoms with Gasteiger partial charge in [-0.05, 0) is 40.5 Å². The van der Waals surface area contributed by atoms with Crippen molar-refractivity contribution in [2.75, 3.05) is 0 Å². The van der Waals surface area contributed by atoms with E-state index in [4.69, 9.17) is 10.5 Å². The van der Waals surface area contributed by atoms with E-state index in [1.54, 1.807) is 0 Å². The molecule has 1 atom stereocenters. The second-order valence-electron chi connectivity index (χ2n) is 4.70. The fraction of sp³-hybridized carbons (Fsp3) is 0.200. The molecule has 4 heteroatoms. The van der Waals surface area contributed by atoms with Crippen molar-refractivity contribution in [2.24, 2.45) is 5.73 Å². The number of fused-ring (bicyclic) bond motifs is 1. The first-order valence-electron chi connectivity index (χ1n) is 6.04. The summed E-state index contributed by atoms with van der Waals surface area (Å²) in [4.78, 5) is 0. The van der Waals surface area contributed by atoms with Crippen LogP contribution in [0.25, 0.3) is 0 Å². The Kier molecular flexibility index (Phi) is 3.39. The first-order chi connectivity index (χ1) is 9.13. The molecule has 0 saturated carbocycles. The van der Waals surface area contributed by atoms with Crippen molar-refractivity contribution in [3.05, 3.63) is 68.9 Å². The van der Waals surface area contributed by atoms with Crippen LogP contribution in [0.5, 0.6) is 0 Å². The number of hydrogen-bond donors (Lipinski definition) is 1. The number of ether oxygens (including phenoxy) is 1. The van der Waals surface area contributed by atoms with Crippen molar-refractivity contribution < 1.29 is 9.13 Å². The number of nitrogens with two attached hydrogens (primary N) is 1. The summed E-state index contributed by atoms with van der Waals surface area (Å²) in [5.41, 5.74) is 10.3. The van der Waals surface area contributed by atoms with Crippen LogP contribution < -0.4 is 5.73 Å². The van der Waals surface area contributed by atoms with Crippen LogP contribution in [-0.4, -0.2) is 0 Å². The highest BCUT2D eigenvalue weighted by Gasteiger charge is 2.16. The average Bonchev–Trinajstić information content (AvgIpc) is 2.83. The molecule has 19 heavy (non-hydrogen) atoms. The van der Waals surface area contributed by atoms with Gasteiger partial charge in [0.1, 0.15) is 5.82 Å². The zero-order valence-corrected chi connectivity index (χ0v) is 11.8. The zero-order chi connectivity index (χ0) is 13.4. The number of halogens is 2. The van der Waals surface area contributed by atoms with E-state index in [1.165, 1.54) is 23.3 Å². The molecule has 1 unspecified atom stereocenters. The van der Waals surface area contributed by atoms with Gasteiger partial charge in [-0.3, -0.25) is 0 Å². The molecule has 1 aliphatic heterocycles. The van der Waals surface area contributed by atoms with E-state index in [0.717, 1.165) is 11.1 Å². The minimum Gasteiger partial charge on any atom is -0.372 e. The van der Waals surface area contributed by atoms with Crippen LogP contribution in [0.4, 0.5) is 4.39 Å². The predicted molar refractivity (Wildman–Crippen MR) is 75.1 cm³/mol. The minimum atomic E-state index is -0.335. The third-order valence-corrected chi connectivity index (χ3v) is 3.81. The fourth-order valence-electron chi connectivity index (χ4n) is 2.33. The van der Waals surface area contributed by atoms with Gasteiger partial charge >= 0.3 is 0 Å². The third-order valence-electron chi connectivity index (χ3n) is 3.35. The summed E-state index contributed by atoms with van der Waals surface area (Å²) in [5, 5.41) is 0. The molecule has 2 N–H and O–H groups in total. The largest absolute Gasteiger partial charge is 0.372 e. The molecule has 98 valence electrons. The van der Waals surface area contributed by atoms with E-state index < -0.39 is 0 Å². The SMILES string of the molecule is NC(c1cc(F)cc(Br)c1)c1ccc2c(c1)COC2. The molecule has 0 saturated heterocycles. The topological polar surface area (TPSA) is 35.2 Å². The molecule has 2 aromatic rings. The van der Waals surface area contributed by atoms with Crippen molar-refractivity contribution in [3.8, 4) is 0 Å². The average molecular weight is 322 g/mol. The summed E-state index contributed by atoms with van der Waals surface area (Å²) in [6.45, 7) is 1.29. The van der Waals surface area contributed by atoms with Crippen molar-refractivity contribution in [3.63, 3.8) is 0 Å². The molecule has 0 bridgehead atoms. The zero-order valence-electron chi connectivity index (χ0n) is 10.2. The van der Waals surface area contributed by atoms with E-state index >= 15 is 0 Å². The fourth-order valence-corrected chi connectivity index (χ4v) is 2.82. The number of rotatable bonds is 2. The van der Waals surface area contributed by atoms with Crippen molar-refractivity contribution in [1.29, 1.82) is 0 Å². The molecule has 0 aromatic heterocycles. The Labute approximate surface area is 119 Å². The Morgan fingerprint density at radius 2 is 1.84 bits per heavy atom. The lowest BCUT2D eigenvalue weighted by molar-refractivity contribution is 0.134. The van der Waals surface area contributed by atoms with Crippen molar-refractivity contribution in [1.82, 2.24) is 0 Å². The van der Waals surface area contributed by atoms with Crippen molar-refractivity contribution in [2.45, 2.75) is 19.3 Å². The summed E-state index contributed by atoms with van der Waals surface area (Å²) >= 11 is 3.29. The van der Waals surface area contributed by atoms with E-state index in [9.17, 15) is 4.39 Å². The molecule has 0 aliphatic carbocycles. The Bertz CT molecular complexity index is 609. The highest BCUT2D eigenvalue weighted by molar-refractivity contribution is 9.10. The Morgan fingerprint density at radius 1 is 1.05 bits per heavy atom. The van der Waals surface area contributed by atoms with Crippen LogP contribution in [0.3, 0.4) is 0 Å². The molecule has 0 spiro atoms. The summed E-state index contributed by atoms with van der Waals surface area (Å²) in [6.07, 6.45) is 0. The highest BCUT2D eigenvalue weighted by atomic mass is 79.9. The van der Waals surface area contributed by atoms with Gasteiger partial charge in [0.05, 0.1) is 19.3 Å². The minimum absolute atomic E-state index is 0.288. The van der Waals surface area contributed by atoms with E-state index in [0.29, 0.717) is 17.7 Å². The molecule has 2 aromatic carbocycles. The lowest BCUT2D eigenvalue weighted by Gasteiger charge is -2.14. The van der Waals surface area contributed by atoms with Gasteiger partial charge in [0.25, 0.3) is 0 Å².